The Morgan fingerprint density at radius 2 is 2.32 bits per heavy atom. The zero-order valence-electron chi connectivity index (χ0n) is 11.0. The Morgan fingerprint density at radius 1 is 1.47 bits per heavy atom. The smallest absolute Gasteiger partial charge is 0.339 e. The number of rotatable bonds is 5. The fraction of sp³-hybridized carbons (Fsp3) is 0.308. The molecule has 0 spiro atoms. The number of aromatic nitrogens is 3. The Balaban J connectivity index is 2.03. The van der Waals surface area contributed by atoms with E-state index < -0.39 is 0 Å². The Morgan fingerprint density at radius 3 is 3.00 bits per heavy atom. The molecular formula is C13H16N4O2. The molecule has 2 aromatic heterocycles. The molecule has 0 radical (unpaired) electrons. The maximum atomic E-state index is 11.6. The molecule has 0 saturated heterocycles. The standard InChI is InChI=1S/C13H16N4O2/c1-3-19-13(18)10-6-11(8-14-7-10)16-9-12-15-4-5-17(12)2/h4-8,16H,3,9H2,1-2H3. The lowest BCUT2D eigenvalue weighted by Gasteiger charge is -2.07. The molecule has 1 N–H and O–H groups in total. The summed E-state index contributed by atoms with van der Waals surface area (Å²) in [4.78, 5) is 19.8. The molecule has 0 bridgehead atoms. The topological polar surface area (TPSA) is 69.0 Å². The molecule has 0 aliphatic heterocycles. The second-order valence-electron chi connectivity index (χ2n) is 3.99. The largest absolute Gasteiger partial charge is 0.462 e. The van der Waals surface area contributed by atoms with E-state index >= 15 is 0 Å². The number of aryl methyl sites for hydroxylation is 1. The third-order valence-corrected chi connectivity index (χ3v) is 2.62. The fourth-order valence-corrected chi connectivity index (χ4v) is 1.61. The molecule has 6 nitrogen and oxygen atoms in total. The first kappa shape index (κ1) is 13.1. The summed E-state index contributed by atoms with van der Waals surface area (Å²) in [5.41, 5.74) is 1.19. The highest BCUT2D eigenvalue weighted by Gasteiger charge is 2.07. The summed E-state index contributed by atoms with van der Waals surface area (Å²) in [6, 6.07) is 1.72. The van der Waals surface area contributed by atoms with E-state index in [2.05, 4.69) is 15.3 Å². The van der Waals surface area contributed by atoms with Crippen LogP contribution in [0.3, 0.4) is 0 Å². The van der Waals surface area contributed by atoms with Crippen LogP contribution in [0, 0.1) is 0 Å². The molecule has 0 fully saturated rings. The minimum atomic E-state index is -0.365. The predicted molar refractivity (Wildman–Crippen MR) is 70.7 cm³/mol. The minimum Gasteiger partial charge on any atom is -0.462 e. The zero-order chi connectivity index (χ0) is 13.7. The van der Waals surface area contributed by atoms with E-state index in [-0.39, 0.29) is 5.97 Å². The van der Waals surface area contributed by atoms with Gasteiger partial charge in [0.1, 0.15) is 5.82 Å². The third-order valence-electron chi connectivity index (χ3n) is 2.62. The first-order valence-corrected chi connectivity index (χ1v) is 6.03. The SMILES string of the molecule is CCOC(=O)c1cncc(NCc2nccn2C)c1. The first-order valence-electron chi connectivity index (χ1n) is 6.03. The monoisotopic (exact) mass is 260 g/mol. The van der Waals surface area contributed by atoms with Crippen molar-refractivity contribution in [1.29, 1.82) is 0 Å². The fourth-order valence-electron chi connectivity index (χ4n) is 1.61. The maximum Gasteiger partial charge on any atom is 0.339 e. The molecule has 19 heavy (non-hydrogen) atoms. The number of esters is 1. The molecule has 6 heteroatoms. The van der Waals surface area contributed by atoms with Gasteiger partial charge in [-0.05, 0) is 13.0 Å². The van der Waals surface area contributed by atoms with Gasteiger partial charge in [-0.15, -0.1) is 0 Å². The van der Waals surface area contributed by atoms with Crippen molar-refractivity contribution in [2.24, 2.45) is 7.05 Å². The average molecular weight is 260 g/mol. The Labute approximate surface area is 111 Å². The van der Waals surface area contributed by atoms with Gasteiger partial charge in [0.25, 0.3) is 0 Å². The zero-order valence-corrected chi connectivity index (χ0v) is 11.0. The molecule has 0 aliphatic carbocycles. The van der Waals surface area contributed by atoms with Crippen LogP contribution >= 0.6 is 0 Å². The van der Waals surface area contributed by atoms with Crippen LogP contribution in [-0.2, 0) is 18.3 Å². The van der Waals surface area contributed by atoms with Crippen molar-refractivity contribution >= 4 is 11.7 Å². The van der Waals surface area contributed by atoms with E-state index in [1.807, 2.05) is 17.8 Å². The van der Waals surface area contributed by atoms with Gasteiger partial charge in [0.2, 0.25) is 0 Å². The van der Waals surface area contributed by atoms with Crippen LogP contribution in [-0.4, -0.2) is 27.1 Å². The number of nitrogens with zero attached hydrogens (tertiary/aromatic N) is 3. The summed E-state index contributed by atoms with van der Waals surface area (Å²) >= 11 is 0. The first-order chi connectivity index (χ1) is 9.20. The molecule has 0 atom stereocenters. The molecule has 0 unspecified atom stereocenters. The van der Waals surface area contributed by atoms with E-state index in [0.29, 0.717) is 18.7 Å². The van der Waals surface area contributed by atoms with Crippen molar-refractivity contribution in [2.45, 2.75) is 13.5 Å². The summed E-state index contributed by atoms with van der Waals surface area (Å²) in [6.45, 7) is 2.69. The second-order valence-corrected chi connectivity index (χ2v) is 3.99. The van der Waals surface area contributed by atoms with Gasteiger partial charge in [-0.25, -0.2) is 9.78 Å². The lowest BCUT2D eigenvalue weighted by molar-refractivity contribution is 0.0526. The van der Waals surface area contributed by atoms with Crippen LogP contribution in [0.2, 0.25) is 0 Å². The number of ether oxygens (including phenoxy) is 1. The molecular weight excluding hydrogens is 244 g/mol. The number of pyridine rings is 1. The van der Waals surface area contributed by atoms with Crippen molar-refractivity contribution in [2.75, 3.05) is 11.9 Å². The molecule has 100 valence electrons. The highest BCUT2D eigenvalue weighted by molar-refractivity contribution is 5.90. The number of hydrogen-bond acceptors (Lipinski definition) is 5. The lowest BCUT2D eigenvalue weighted by atomic mass is 10.2. The normalized spacial score (nSPS) is 10.2. The summed E-state index contributed by atoms with van der Waals surface area (Å²) in [5.74, 6) is 0.539. The molecule has 0 aromatic carbocycles. The number of carbonyl (C=O) groups excluding carboxylic acids is 1. The Bertz CT molecular complexity index is 565. The van der Waals surface area contributed by atoms with Gasteiger partial charge in [-0.1, -0.05) is 0 Å². The van der Waals surface area contributed by atoms with E-state index in [1.165, 1.54) is 6.20 Å². The van der Waals surface area contributed by atoms with Gasteiger partial charge in [0.05, 0.1) is 24.4 Å². The van der Waals surface area contributed by atoms with Crippen LogP contribution in [0.25, 0.3) is 0 Å². The van der Waals surface area contributed by atoms with Crippen LogP contribution < -0.4 is 5.32 Å². The van der Waals surface area contributed by atoms with E-state index in [1.54, 1.807) is 25.4 Å². The lowest BCUT2D eigenvalue weighted by Crippen LogP contribution is -2.08. The van der Waals surface area contributed by atoms with Crippen LogP contribution in [0.15, 0.2) is 30.9 Å². The van der Waals surface area contributed by atoms with Gasteiger partial charge < -0.3 is 14.6 Å². The number of carbonyl (C=O) groups is 1. The van der Waals surface area contributed by atoms with Crippen molar-refractivity contribution in [3.63, 3.8) is 0 Å². The summed E-state index contributed by atoms with van der Waals surface area (Å²) in [7, 11) is 1.93. The molecule has 2 rings (SSSR count). The Kier molecular flexibility index (Phi) is 4.12. The van der Waals surface area contributed by atoms with Crippen molar-refractivity contribution in [1.82, 2.24) is 14.5 Å². The molecule has 0 saturated carbocycles. The van der Waals surface area contributed by atoms with E-state index in [4.69, 9.17) is 4.74 Å². The Hall–Kier alpha value is -2.37. The second kappa shape index (κ2) is 5.99. The van der Waals surface area contributed by atoms with E-state index in [0.717, 1.165) is 11.5 Å². The van der Waals surface area contributed by atoms with Gasteiger partial charge in [-0.3, -0.25) is 4.98 Å². The third kappa shape index (κ3) is 3.31. The minimum absolute atomic E-state index is 0.351. The summed E-state index contributed by atoms with van der Waals surface area (Å²) in [5, 5.41) is 3.17. The van der Waals surface area contributed by atoms with Gasteiger partial charge >= 0.3 is 5.97 Å². The average Bonchev–Trinajstić information content (AvgIpc) is 2.82. The van der Waals surface area contributed by atoms with E-state index in [9.17, 15) is 4.79 Å². The van der Waals surface area contributed by atoms with Crippen LogP contribution in [0.5, 0.6) is 0 Å². The summed E-state index contributed by atoms with van der Waals surface area (Å²) < 4.78 is 6.86. The van der Waals surface area contributed by atoms with Crippen molar-refractivity contribution < 1.29 is 9.53 Å². The summed E-state index contributed by atoms with van der Waals surface area (Å²) in [6.07, 6.45) is 6.77. The quantitative estimate of drug-likeness (QED) is 0.827. The molecule has 0 amide bonds. The highest BCUT2D eigenvalue weighted by atomic mass is 16.5. The van der Waals surface area contributed by atoms with Crippen molar-refractivity contribution in [3.8, 4) is 0 Å². The van der Waals surface area contributed by atoms with Crippen molar-refractivity contribution in [3.05, 3.63) is 42.2 Å². The van der Waals surface area contributed by atoms with Gasteiger partial charge in [0, 0.05) is 31.8 Å². The highest BCUT2D eigenvalue weighted by Crippen LogP contribution is 2.10. The maximum absolute atomic E-state index is 11.6. The van der Waals surface area contributed by atoms with Crippen LogP contribution in [0.1, 0.15) is 23.1 Å². The molecule has 0 aliphatic rings. The molecule has 2 aromatic rings. The number of imidazole rings is 1. The van der Waals surface area contributed by atoms with Gasteiger partial charge in [0.15, 0.2) is 0 Å². The predicted octanol–water partition coefficient (Wildman–Crippen LogP) is 1.60. The van der Waals surface area contributed by atoms with Crippen LogP contribution in [0.4, 0.5) is 5.69 Å². The van der Waals surface area contributed by atoms with Gasteiger partial charge in [-0.2, -0.15) is 0 Å². The molecule has 2 heterocycles. The number of hydrogen-bond donors (Lipinski definition) is 1. The number of nitrogens with one attached hydrogen (secondary N) is 1. The number of anilines is 1.